The van der Waals surface area contributed by atoms with Gasteiger partial charge >= 0.3 is 5.97 Å². The van der Waals surface area contributed by atoms with Gasteiger partial charge in [0.15, 0.2) is 0 Å². The predicted octanol–water partition coefficient (Wildman–Crippen LogP) is 11.6. The van der Waals surface area contributed by atoms with Crippen LogP contribution >= 0.6 is 0 Å². The summed E-state index contributed by atoms with van der Waals surface area (Å²) in [5.74, 6) is 0.465. The van der Waals surface area contributed by atoms with Crippen LogP contribution in [0.2, 0.25) is 0 Å². The Balaban J connectivity index is 2.66. The van der Waals surface area contributed by atoms with Gasteiger partial charge in [0.25, 0.3) is 0 Å². The van der Waals surface area contributed by atoms with E-state index in [2.05, 4.69) is 85.4 Å². The summed E-state index contributed by atoms with van der Waals surface area (Å²) in [6.07, 6.45) is 26.6. The van der Waals surface area contributed by atoms with E-state index in [1.54, 1.807) is 0 Å². The predicted molar refractivity (Wildman–Crippen MR) is 172 cm³/mol. The summed E-state index contributed by atoms with van der Waals surface area (Å²) in [7, 11) is 0. The van der Waals surface area contributed by atoms with Gasteiger partial charge in [-0.2, -0.15) is 0 Å². The summed E-state index contributed by atoms with van der Waals surface area (Å²) < 4.78 is 5.66. The van der Waals surface area contributed by atoms with Crippen molar-refractivity contribution in [1.82, 2.24) is 0 Å². The largest absolute Gasteiger partial charge is 0.465 e. The summed E-state index contributed by atoms with van der Waals surface area (Å²) in [6, 6.07) is 0. The minimum atomic E-state index is 0.00857. The van der Waals surface area contributed by atoms with Gasteiger partial charge in [0.1, 0.15) is 0 Å². The molecule has 0 aromatic heterocycles. The molecule has 1 aliphatic rings. The van der Waals surface area contributed by atoms with Crippen molar-refractivity contribution in [3.05, 3.63) is 70.4 Å². The van der Waals surface area contributed by atoms with E-state index in [1.807, 2.05) is 0 Å². The molecule has 0 saturated heterocycles. The normalized spacial score (nSPS) is 17.9. The number of rotatable bonds is 19. The summed E-state index contributed by atoms with van der Waals surface area (Å²) in [4.78, 5) is 12.9. The molecule has 2 unspecified atom stereocenters. The lowest BCUT2D eigenvalue weighted by atomic mass is 9.78. The topological polar surface area (TPSA) is 26.3 Å². The van der Waals surface area contributed by atoms with Gasteiger partial charge in [0.05, 0.1) is 12.5 Å². The van der Waals surface area contributed by atoms with Gasteiger partial charge in [-0.05, 0) is 131 Å². The number of carbonyl (C=O) groups is 1. The van der Waals surface area contributed by atoms with Gasteiger partial charge in [-0.25, -0.2) is 0 Å². The first kappa shape index (κ1) is 34.9. The van der Waals surface area contributed by atoms with Crippen LogP contribution < -0.4 is 0 Å². The van der Waals surface area contributed by atoms with E-state index >= 15 is 0 Å². The molecule has 0 heterocycles. The third-order valence-electron chi connectivity index (χ3n) is 7.64. The van der Waals surface area contributed by atoms with Crippen LogP contribution in [0.5, 0.6) is 0 Å². The standard InChI is InChI=1S/C37H60O2/c1-9-10-25-39-37(38)36-27-34(22-14-21-32(7)18-12-16-30(4)5)26-35(28-36)24-23-33(8)20-13-19-31(6)17-11-15-29(2)3/h15-16,19,21,26,35-36H,8-14,17-18,20,22-25,27-28H2,1-7H3/b31-19+,32-21+. The lowest BCUT2D eigenvalue weighted by molar-refractivity contribution is -0.149. The van der Waals surface area contributed by atoms with Crippen molar-refractivity contribution in [3.63, 3.8) is 0 Å². The molecule has 0 aromatic carbocycles. The van der Waals surface area contributed by atoms with Gasteiger partial charge in [-0.15, -0.1) is 0 Å². The fourth-order valence-corrected chi connectivity index (χ4v) is 5.16. The lowest BCUT2D eigenvalue weighted by Gasteiger charge is -2.28. The Morgan fingerprint density at radius 3 is 2.05 bits per heavy atom. The zero-order chi connectivity index (χ0) is 29.0. The van der Waals surface area contributed by atoms with Crippen LogP contribution in [-0.2, 0) is 9.53 Å². The van der Waals surface area contributed by atoms with Crippen molar-refractivity contribution in [2.45, 2.75) is 138 Å². The van der Waals surface area contributed by atoms with E-state index in [0.29, 0.717) is 12.5 Å². The zero-order valence-electron chi connectivity index (χ0n) is 26.7. The number of carbonyl (C=O) groups excluding carboxylic acids is 1. The van der Waals surface area contributed by atoms with Gasteiger partial charge < -0.3 is 4.74 Å². The first-order chi connectivity index (χ1) is 18.6. The van der Waals surface area contributed by atoms with E-state index in [1.165, 1.54) is 33.4 Å². The molecule has 220 valence electrons. The molecule has 0 amide bonds. The van der Waals surface area contributed by atoms with Crippen molar-refractivity contribution in [3.8, 4) is 0 Å². The smallest absolute Gasteiger partial charge is 0.309 e. The molecule has 39 heavy (non-hydrogen) atoms. The highest BCUT2D eigenvalue weighted by molar-refractivity contribution is 5.73. The molecule has 0 aliphatic heterocycles. The lowest BCUT2D eigenvalue weighted by Crippen LogP contribution is -2.25. The highest BCUT2D eigenvalue weighted by Gasteiger charge is 2.28. The molecule has 0 spiro atoms. The Kier molecular flexibility index (Phi) is 18.6. The minimum Gasteiger partial charge on any atom is -0.465 e. The molecule has 0 N–H and O–H groups in total. The Morgan fingerprint density at radius 1 is 0.872 bits per heavy atom. The fraction of sp³-hybridized carbons (Fsp3) is 0.649. The number of esters is 1. The maximum absolute atomic E-state index is 12.9. The number of hydrogen-bond acceptors (Lipinski definition) is 2. The Hall–Kier alpha value is -2.09. The van der Waals surface area contributed by atoms with Gasteiger partial charge in [-0.3, -0.25) is 4.79 Å². The molecule has 2 atom stereocenters. The minimum absolute atomic E-state index is 0.00857. The number of ether oxygens (including phenoxy) is 1. The second-order valence-electron chi connectivity index (χ2n) is 12.4. The molecule has 1 aliphatic carbocycles. The van der Waals surface area contributed by atoms with Crippen molar-refractivity contribution >= 4 is 5.97 Å². The molecular formula is C37H60O2. The first-order valence-corrected chi connectivity index (χ1v) is 15.7. The number of allylic oxidation sites excluding steroid dienone is 11. The van der Waals surface area contributed by atoms with Crippen molar-refractivity contribution in [2.75, 3.05) is 6.61 Å². The van der Waals surface area contributed by atoms with Crippen molar-refractivity contribution < 1.29 is 9.53 Å². The Morgan fingerprint density at radius 2 is 1.46 bits per heavy atom. The maximum Gasteiger partial charge on any atom is 0.309 e. The van der Waals surface area contributed by atoms with E-state index in [9.17, 15) is 4.79 Å². The van der Waals surface area contributed by atoms with E-state index in [4.69, 9.17) is 4.74 Å². The first-order valence-electron chi connectivity index (χ1n) is 15.7. The molecule has 2 nitrogen and oxygen atoms in total. The second kappa shape index (κ2) is 20.8. The van der Waals surface area contributed by atoms with E-state index in [-0.39, 0.29) is 11.9 Å². The van der Waals surface area contributed by atoms with E-state index < -0.39 is 0 Å². The quantitative estimate of drug-likeness (QED) is 0.0932. The van der Waals surface area contributed by atoms with Crippen LogP contribution in [-0.4, -0.2) is 12.6 Å². The summed E-state index contributed by atoms with van der Waals surface area (Å²) in [5.41, 5.74) is 8.51. The van der Waals surface area contributed by atoms with Crippen LogP contribution in [0.4, 0.5) is 0 Å². The third-order valence-corrected chi connectivity index (χ3v) is 7.64. The summed E-state index contributed by atoms with van der Waals surface area (Å²) >= 11 is 0. The van der Waals surface area contributed by atoms with Crippen LogP contribution in [0, 0.1) is 11.8 Å². The molecule has 1 rings (SSSR count). The van der Waals surface area contributed by atoms with Crippen LogP contribution in [0.25, 0.3) is 0 Å². The maximum atomic E-state index is 12.9. The molecule has 0 radical (unpaired) electrons. The van der Waals surface area contributed by atoms with Crippen molar-refractivity contribution in [1.29, 1.82) is 0 Å². The molecule has 0 bridgehead atoms. The highest BCUT2D eigenvalue weighted by atomic mass is 16.5. The third kappa shape index (κ3) is 18.0. The van der Waals surface area contributed by atoms with Gasteiger partial charge in [0.2, 0.25) is 0 Å². The van der Waals surface area contributed by atoms with Gasteiger partial charge in [0, 0.05) is 0 Å². The Bertz CT molecular complexity index is 884. The van der Waals surface area contributed by atoms with Crippen LogP contribution in [0.3, 0.4) is 0 Å². The SMILES string of the molecule is C=C(CC/C=C(\C)CCC=C(C)C)CCC1C=C(CC/C=C(\C)CCC=C(C)C)CC(C(=O)OCCCC)C1. The van der Waals surface area contributed by atoms with Gasteiger partial charge in [-0.1, -0.05) is 83.7 Å². The number of unbranched alkanes of at least 4 members (excludes halogenated alkanes) is 1. The van der Waals surface area contributed by atoms with Crippen LogP contribution in [0.1, 0.15) is 138 Å². The van der Waals surface area contributed by atoms with Crippen molar-refractivity contribution in [2.24, 2.45) is 11.8 Å². The average molecular weight is 537 g/mol. The molecule has 0 fully saturated rings. The molecule has 2 heteroatoms. The molecule has 0 saturated carbocycles. The monoisotopic (exact) mass is 536 g/mol. The number of hydrogen-bond donors (Lipinski definition) is 0. The Labute approximate surface area is 242 Å². The molecular weight excluding hydrogens is 476 g/mol. The summed E-state index contributed by atoms with van der Waals surface area (Å²) in [5, 5.41) is 0. The summed E-state index contributed by atoms with van der Waals surface area (Å²) in [6.45, 7) is 20.2. The second-order valence-corrected chi connectivity index (χ2v) is 12.4. The zero-order valence-corrected chi connectivity index (χ0v) is 26.7. The highest BCUT2D eigenvalue weighted by Crippen LogP contribution is 2.35. The average Bonchev–Trinajstić information content (AvgIpc) is 2.87. The van der Waals surface area contributed by atoms with Crippen LogP contribution in [0.15, 0.2) is 70.4 Å². The van der Waals surface area contributed by atoms with E-state index in [0.717, 1.165) is 89.9 Å². The molecule has 0 aromatic rings. The fourth-order valence-electron chi connectivity index (χ4n) is 5.16.